The zero-order valence-electron chi connectivity index (χ0n) is 20.1. The minimum atomic E-state index is -0.557. The van der Waals surface area contributed by atoms with Crippen LogP contribution < -0.4 is 19.7 Å². The second kappa shape index (κ2) is 9.29. The number of ether oxygens (including phenoxy) is 2. The van der Waals surface area contributed by atoms with Gasteiger partial charge in [-0.3, -0.25) is 14.5 Å². The van der Waals surface area contributed by atoms with Gasteiger partial charge in [-0.05, 0) is 59.9 Å². The van der Waals surface area contributed by atoms with Gasteiger partial charge in [0.05, 0.1) is 31.6 Å². The van der Waals surface area contributed by atoms with Gasteiger partial charge in [0.15, 0.2) is 5.78 Å². The molecule has 5 rings (SSSR count). The summed E-state index contributed by atoms with van der Waals surface area (Å²) in [4.78, 5) is 28.7. The number of Topliss-reactive ketones (excluding diaryl/α,β-unsaturated/α-hetero) is 1. The van der Waals surface area contributed by atoms with Crippen LogP contribution in [0.4, 0.5) is 11.4 Å². The van der Waals surface area contributed by atoms with E-state index in [9.17, 15) is 9.59 Å². The van der Waals surface area contributed by atoms with E-state index in [4.69, 9.17) is 9.47 Å². The van der Waals surface area contributed by atoms with Gasteiger partial charge in [-0.15, -0.1) is 0 Å². The van der Waals surface area contributed by atoms with E-state index in [1.54, 1.807) is 26.0 Å². The average Bonchev–Trinajstić information content (AvgIpc) is 3.03. The molecule has 6 heteroatoms. The van der Waals surface area contributed by atoms with Crippen LogP contribution in [0, 0.1) is 0 Å². The van der Waals surface area contributed by atoms with E-state index in [-0.39, 0.29) is 17.6 Å². The minimum Gasteiger partial charge on any atom is -0.497 e. The van der Waals surface area contributed by atoms with E-state index in [0.29, 0.717) is 24.2 Å². The van der Waals surface area contributed by atoms with E-state index in [0.717, 1.165) is 33.9 Å². The highest BCUT2D eigenvalue weighted by Gasteiger charge is 2.40. The van der Waals surface area contributed by atoms with Crippen LogP contribution in [0.2, 0.25) is 0 Å². The Balaban J connectivity index is 1.67. The summed E-state index contributed by atoms with van der Waals surface area (Å²) >= 11 is 0. The molecule has 1 amide bonds. The van der Waals surface area contributed by atoms with Crippen LogP contribution in [0.1, 0.15) is 42.9 Å². The van der Waals surface area contributed by atoms with Crippen molar-refractivity contribution in [2.45, 2.75) is 31.7 Å². The van der Waals surface area contributed by atoms with Crippen molar-refractivity contribution in [2.24, 2.45) is 0 Å². The Morgan fingerprint density at radius 2 is 1.63 bits per heavy atom. The van der Waals surface area contributed by atoms with Gasteiger partial charge in [-0.2, -0.15) is 0 Å². The van der Waals surface area contributed by atoms with Gasteiger partial charge in [0.2, 0.25) is 5.91 Å². The SMILES string of the molecule is COc1ccc([C@H]2CC(=O)C3=C(C2)Nc2ccccc2N(C(C)=O)[C@H]3c2cccc(OC)c2)cc1. The van der Waals surface area contributed by atoms with Gasteiger partial charge >= 0.3 is 0 Å². The minimum absolute atomic E-state index is 0.0293. The molecule has 2 aliphatic rings. The standard InChI is InChI=1S/C29H28N2O4/c1-18(32)31-26-10-5-4-9-24(26)30-25-16-21(19-11-13-22(34-2)14-12-19)17-27(33)28(25)29(31)20-7-6-8-23(15-20)35-3/h4-15,21,29-30H,16-17H2,1-3H3/t21-,29+/m1/s1. The summed E-state index contributed by atoms with van der Waals surface area (Å²) in [5.74, 6) is 1.39. The number of carbonyl (C=O) groups is 2. The number of rotatable bonds is 4. The van der Waals surface area contributed by atoms with E-state index in [1.807, 2.05) is 72.8 Å². The highest BCUT2D eigenvalue weighted by molar-refractivity contribution is 6.06. The number of hydrogen-bond acceptors (Lipinski definition) is 5. The molecule has 0 saturated heterocycles. The normalized spacial score (nSPS) is 19.3. The molecule has 2 atom stereocenters. The van der Waals surface area contributed by atoms with Crippen molar-refractivity contribution in [1.29, 1.82) is 0 Å². The number of para-hydroxylation sites is 2. The Hall–Kier alpha value is -4.06. The van der Waals surface area contributed by atoms with Crippen LogP contribution in [0.5, 0.6) is 11.5 Å². The maximum absolute atomic E-state index is 13.9. The van der Waals surface area contributed by atoms with Gasteiger partial charge in [0.25, 0.3) is 0 Å². The molecule has 1 N–H and O–H groups in total. The van der Waals surface area contributed by atoms with Gasteiger partial charge < -0.3 is 14.8 Å². The first-order valence-corrected chi connectivity index (χ1v) is 11.7. The number of carbonyl (C=O) groups excluding carboxylic acids is 2. The van der Waals surface area contributed by atoms with Crippen LogP contribution in [0.25, 0.3) is 0 Å². The monoisotopic (exact) mass is 468 g/mol. The van der Waals surface area contributed by atoms with Crippen LogP contribution in [-0.4, -0.2) is 25.9 Å². The molecular formula is C29H28N2O4. The molecular weight excluding hydrogens is 440 g/mol. The van der Waals surface area contributed by atoms with Crippen molar-refractivity contribution >= 4 is 23.1 Å². The topological polar surface area (TPSA) is 67.9 Å². The third-order valence-corrected chi connectivity index (χ3v) is 6.82. The summed E-state index contributed by atoms with van der Waals surface area (Å²) in [6.45, 7) is 1.54. The van der Waals surface area contributed by atoms with Gasteiger partial charge in [-0.25, -0.2) is 0 Å². The Morgan fingerprint density at radius 3 is 2.34 bits per heavy atom. The first kappa shape index (κ1) is 22.7. The van der Waals surface area contributed by atoms with Crippen molar-refractivity contribution in [3.63, 3.8) is 0 Å². The lowest BCUT2D eigenvalue weighted by Gasteiger charge is -2.34. The number of hydrogen-bond donors (Lipinski definition) is 1. The van der Waals surface area contributed by atoms with Crippen molar-refractivity contribution < 1.29 is 19.1 Å². The summed E-state index contributed by atoms with van der Waals surface area (Å²) in [6.07, 6.45) is 1.03. The van der Waals surface area contributed by atoms with Crippen molar-refractivity contribution in [3.8, 4) is 11.5 Å². The van der Waals surface area contributed by atoms with Crippen molar-refractivity contribution in [2.75, 3.05) is 24.4 Å². The molecule has 6 nitrogen and oxygen atoms in total. The fourth-order valence-electron chi connectivity index (χ4n) is 5.18. The molecule has 0 unspecified atom stereocenters. The predicted molar refractivity (Wildman–Crippen MR) is 136 cm³/mol. The summed E-state index contributed by atoms with van der Waals surface area (Å²) < 4.78 is 10.8. The zero-order valence-corrected chi connectivity index (χ0v) is 20.1. The van der Waals surface area contributed by atoms with Crippen LogP contribution in [-0.2, 0) is 9.59 Å². The largest absolute Gasteiger partial charge is 0.497 e. The molecule has 1 aliphatic carbocycles. The molecule has 35 heavy (non-hydrogen) atoms. The lowest BCUT2D eigenvalue weighted by atomic mass is 9.78. The Labute approximate surface area is 205 Å². The molecule has 0 aromatic heterocycles. The summed E-state index contributed by atoms with van der Waals surface area (Å²) in [5, 5.41) is 3.54. The van der Waals surface area contributed by atoms with Gasteiger partial charge in [0, 0.05) is 24.6 Å². The van der Waals surface area contributed by atoms with Gasteiger partial charge in [-0.1, -0.05) is 36.4 Å². The molecule has 0 radical (unpaired) electrons. The number of ketones is 1. The van der Waals surface area contributed by atoms with Gasteiger partial charge in [0.1, 0.15) is 11.5 Å². The number of fused-ring (bicyclic) bond motifs is 1. The van der Waals surface area contributed by atoms with E-state index < -0.39 is 6.04 Å². The van der Waals surface area contributed by atoms with Crippen LogP contribution >= 0.6 is 0 Å². The number of methoxy groups -OCH3 is 2. The average molecular weight is 469 g/mol. The molecule has 1 heterocycles. The molecule has 0 saturated carbocycles. The third kappa shape index (κ3) is 4.16. The lowest BCUT2D eigenvalue weighted by Crippen LogP contribution is -2.37. The van der Waals surface area contributed by atoms with Crippen molar-refractivity contribution in [1.82, 2.24) is 0 Å². The second-order valence-electron chi connectivity index (χ2n) is 8.90. The maximum atomic E-state index is 13.9. The van der Waals surface area contributed by atoms with E-state index in [1.165, 1.54) is 0 Å². The van der Waals surface area contributed by atoms with E-state index in [2.05, 4.69) is 5.32 Å². The Kier molecular flexibility index (Phi) is 6.03. The molecule has 0 fully saturated rings. The first-order valence-electron chi connectivity index (χ1n) is 11.7. The number of nitrogens with zero attached hydrogens (tertiary/aromatic N) is 1. The number of amides is 1. The zero-order chi connectivity index (χ0) is 24.5. The van der Waals surface area contributed by atoms with E-state index >= 15 is 0 Å². The molecule has 1 aliphatic heterocycles. The number of nitrogens with one attached hydrogen (secondary N) is 1. The third-order valence-electron chi connectivity index (χ3n) is 6.82. The number of anilines is 2. The predicted octanol–water partition coefficient (Wildman–Crippen LogP) is 5.62. The summed E-state index contributed by atoms with van der Waals surface area (Å²) in [7, 11) is 3.25. The second-order valence-corrected chi connectivity index (χ2v) is 8.90. The summed E-state index contributed by atoms with van der Waals surface area (Å²) in [6, 6.07) is 22.7. The highest BCUT2D eigenvalue weighted by Crippen LogP contribution is 2.47. The molecule has 3 aromatic rings. The first-order chi connectivity index (χ1) is 17.0. The van der Waals surface area contributed by atoms with Crippen molar-refractivity contribution in [3.05, 3.63) is 95.2 Å². The number of benzene rings is 3. The quantitative estimate of drug-likeness (QED) is 0.538. The maximum Gasteiger partial charge on any atom is 0.224 e. The molecule has 178 valence electrons. The number of allylic oxidation sites excluding steroid dienone is 1. The fourth-order valence-corrected chi connectivity index (χ4v) is 5.18. The smallest absolute Gasteiger partial charge is 0.224 e. The van der Waals surface area contributed by atoms with Crippen LogP contribution in [0.15, 0.2) is 84.1 Å². The molecule has 0 bridgehead atoms. The summed E-state index contributed by atoms with van der Waals surface area (Å²) in [5.41, 5.74) is 4.97. The van der Waals surface area contributed by atoms with Crippen LogP contribution in [0.3, 0.4) is 0 Å². The molecule has 3 aromatic carbocycles. The highest BCUT2D eigenvalue weighted by atomic mass is 16.5. The fraction of sp³-hybridized carbons (Fsp3) is 0.241. The lowest BCUT2D eigenvalue weighted by molar-refractivity contribution is -0.117. The Morgan fingerprint density at radius 1 is 0.886 bits per heavy atom. The molecule has 0 spiro atoms. The Bertz CT molecular complexity index is 1310.